The standard InChI is InChI=1S/C14H25N5/c1-4-12-10-18(3)7-6-8-19(12)14-9-13(15-5-2)16-11-17-14/h9,11-12H,4-8,10H2,1-3H3,(H,15,16,17). The van der Waals surface area contributed by atoms with Gasteiger partial charge in [-0.1, -0.05) is 6.92 Å². The third kappa shape index (κ3) is 3.56. The summed E-state index contributed by atoms with van der Waals surface area (Å²) in [6.45, 7) is 8.57. The highest BCUT2D eigenvalue weighted by Crippen LogP contribution is 2.21. The van der Waals surface area contributed by atoms with Crippen LogP contribution in [0.5, 0.6) is 0 Å². The van der Waals surface area contributed by atoms with E-state index in [4.69, 9.17) is 0 Å². The van der Waals surface area contributed by atoms with Gasteiger partial charge in [-0.2, -0.15) is 0 Å². The van der Waals surface area contributed by atoms with E-state index >= 15 is 0 Å². The monoisotopic (exact) mass is 263 g/mol. The lowest BCUT2D eigenvalue weighted by molar-refractivity contribution is 0.327. The molecule has 19 heavy (non-hydrogen) atoms. The van der Waals surface area contributed by atoms with Gasteiger partial charge in [0.25, 0.3) is 0 Å². The number of anilines is 2. The highest BCUT2D eigenvalue weighted by molar-refractivity contribution is 5.49. The second-order valence-corrected chi connectivity index (χ2v) is 5.16. The van der Waals surface area contributed by atoms with E-state index in [0.29, 0.717) is 6.04 Å². The van der Waals surface area contributed by atoms with E-state index in [2.05, 4.69) is 52.0 Å². The topological polar surface area (TPSA) is 44.3 Å². The Hall–Kier alpha value is -1.36. The van der Waals surface area contributed by atoms with Gasteiger partial charge in [0.1, 0.15) is 18.0 Å². The molecule has 1 saturated heterocycles. The molecular weight excluding hydrogens is 238 g/mol. The molecule has 0 spiro atoms. The van der Waals surface area contributed by atoms with Gasteiger partial charge < -0.3 is 15.1 Å². The van der Waals surface area contributed by atoms with Crippen molar-refractivity contribution in [2.24, 2.45) is 0 Å². The number of nitrogens with one attached hydrogen (secondary N) is 1. The fraction of sp³-hybridized carbons (Fsp3) is 0.714. The molecule has 0 aliphatic carbocycles. The average molecular weight is 263 g/mol. The fourth-order valence-corrected chi connectivity index (χ4v) is 2.68. The summed E-state index contributed by atoms with van der Waals surface area (Å²) in [5, 5.41) is 3.26. The number of aromatic nitrogens is 2. The minimum Gasteiger partial charge on any atom is -0.370 e. The first-order chi connectivity index (χ1) is 9.24. The second kappa shape index (κ2) is 6.70. The first-order valence-corrected chi connectivity index (χ1v) is 7.25. The maximum absolute atomic E-state index is 4.47. The Bertz CT molecular complexity index is 395. The van der Waals surface area contributed by atoms with Crippen molar-refractivity contribution in [2.75, 3.05) is 43.4 Å². The average Bonchev–Trinajstić information content (AvgIpc) is 2.61. The third-order valence-corrected chi connectivity index (χ3v) is 3.68. The van der Waals surface area contributed by atoms with Crippen LogP contribution in [0.4, 0.5) is 11.6 Å². The van der Waals surface area contributed by atoms with E-state index in [0.717, 1.165) is 44.2 Å². The summed E-state index contributed by atoms with van der Waals surface area (Å²) in [6.07, 6.45) is 3.99. The molecule has 0 aromatic carbocycles. The highest BCUT2D eigenvalue weighted by Gasteiger charge is 2.23. The predicted octanol–water partition coefficient (Wildman–Crippen LogP) is 1.83. The predicted molar refractivity (Wildman–Crippen MR) is 79.7 cm³/mol. The van der Waals surface area contributed by atoms with Crippen molar-refractivity contribution in [3.8, 4) is 0 Å². The molecule has 1 unspecified atom stereocenters. The summed E-state index contributed by atoms with van der Waals surface area (Å²) in [6, 6.07) is 2.61. The van der Waals surface area contributed by atoms with Gasteiger partial charge in [0.05, 0.1) is 0 Å². The molecular formula is C14H25N5. The SMILES string of the molecule is CCNc1cc(N2CCCN(C)CC2CC)ncn1. The maximum atomic E-state index is 4.47. The lowest BCUT2D eigenvalue weighted by atomic mass is 10.2. The van der Waals surface area contributed by atoms with Crippen LogP contribution in [-0.2, 0) is 0 Å². The van der Waals surface area contributed by atoms with Crippen LogP contribution >= 0.6 is 0 Å². The zero-order chi connectivity index (χ0) is 13.7. The molecule has 5 nitrogen and oxygen atoms in total. The molecule has 0 amide bonds. The van der Waals surface area contributed by atoms with Crippen LogP contribution in [0.2, 0.25) is 0 Å². The molecule has 2 rings (SSSR count). The lowest BCUT2D eigenvalue weighted by Crippen LogP contribution is -2.40. The highest BCUT2D eigenvalue weighted by atomic mass is 15.3. The van der Waals surface area contributed by atoms with E-state index in [1.807, 2.05) is 0 Å². The largest absolute Gasteiger partial charge is 0.370 e. The number of hydrogen-bond donors (Lipinski definition) is 1. The quantitative estimate of drug-likeness (QED) is 0.898. The molecule has 5 heteroatoms. The summed E-state index contributed by atoms with van der Waals surface area (Å²) < 4.78 is 0. The van der Waals surface area contributed by atoms with Gasteiger partial charge in [-0.15, -0.1) is 0 Å². The minimum atomic E-state index is 0.539. The molecule has 0 bridgehead atoms. The smallest absolute Gasteiger partial charge is 0.134 e. The minimum absolute atomic E-state index is 0.539. The normalized spacial score (nSPS) is 21.2. The summed E-state index contributed by atoms with van der Waals surface area (Å²) in [7, 11) is 2.20. The van der Waals surface area contributed by atoms with Gasteiger partial charge in [-0.05, 0) is 33.4 Å². The summed E-state index contributed by atoms with van der Waals surface area (Å²) in [5.41, 5.74) is 0. The number of nitrogens with zero attached hydrogens (tertiary/aromatic N) is 4. The van der Waals surface area contributed by atoms with Gasteiger partial charge in [-0.3, -0.25) is 0 Å². The zero-order valence-electron chi connectivity index (χ0n) is 12.3. The number of likely N-dealkylation sites (N-methyl/N-ethyl adjacent to an activating group) is 1. The molecule has 0 radical (unpaired) electrons. The van der Waals surface area contributed by atoms with Gasteiger partial charge in [-0.25, -0.2) is 9.97 Å². The van der Waals surface area contributed by atoms with Crippen molar-refractivity contribution < 1.29 is 0 Å². The van der Waals surface area contributed by atoms with Crippen LogP contribution in [0.15, 0.2) is 12.4 Å². The first-order valence-electron chi connectivity index (χ1n) is 7.25. The molecule has 1 aromatic rings. The molecule has 1 atom stereocenters. The van der Waals surface area contributed by atoms with E-state index in [-0.39, 0.29) is 0 Å². The van der Waals surface area contributed by atoms with Crippen LogP contribution < -0.4 is 10.2 Å². The number of rotatable bonds is 4. The molecule has 1 aliphatic rings. The molecule has 1 aromatic heterocycles. The molecule has 1 fully saturated rings. The maximum Gasteiger partial charge on any atom is 0.134 e. The molecule has 1 N–H and O–H groups in total. The van der Waals surface area contributed by atoms with E-state index in [9.17, 15) is 0 Å². The molecule has 1 aliphatic heterocycles. The first kappa shape index (κ1) is 14.1. The van der Waals surface area contributed by atoms with Gasteiger partial charge in [0.15, 0.2) is 0 Å². The van der Waals surface area contributed by atoms with Gasteiger partial charge in [0, 0.05) is 31.7 Å². The zero-order valence-corrected chi connectivity index (χ0v) is 12.3. The van der Waals surface area contributed by atoms with Crippen molar-refractivity contribution in [1.29, 1.82) is 0 Å². The Labute approximate surface area is 116 Å². The second-order valence-electron chi connectivity index (χ2n) is 5.16. The lowest BCUT2D eigenvalue weighted by Gasteiger charge is -2.31. The summed E-state index contributed by atoms with van der Waals surface area (Å²) in [5.74, 6) is 1.97. The van der Waals surface area contributed by atoms with Crippen molar-refractivity contribution in [3.63, 3.8) is 0 Å². The van der Waals surface area contributed by atoms with Crippen LogP contribution in [0.1, 0.15) is 26.7 Å². The Morgan fingerprint density at radius 1 is 1.32 bits per heavy atom. The Morgan fingerprint density at radius 3 is 2.89 bits per heavy atom. The molecule has 106 valence electrons. The van der Waals surface area contributed by atoms with Crippen molar-refractivity contribution in [3.05, 3.63) is 12.4 Å². The van der Waals surface area contributed by atoms with Gasteiger partial charge in [0.2, 0.25) is 0 Å². The fourth-order valence-electron chi connectivity index (χ4n) is 2.68. The van der Waals surface area contributed by atoms with Crippen molar-refractivity contribution in [2.45, 2.75) is 32.7 Å². The van der Waals surface area contributed by atoms with E-state index < -0.39 is 0 Å². The van der Waals surface area contributed by atoms with Crippen molar-refractivity contribution >= 4 is 11.6 Å². The van der Waals surface area contributed by atoms with Crippen molar-refractivity contribution in [1.82, 2.24) is 14.9 Å². The summed E-state index contributed by atoms with van der Waals surface area (Å²) >= 11 is 0. The Kier molecular flexibility index (Phi) is 4.96. The van der Waals surface area contributed by atoms with Crippen LogP contribution in [0, 0.1) is 0 Å². The Balaban J connectivity index is 2.19. The molecule has 0 saturated carbocycles. The van der Waals surface area contributed by atoms with Crippen LogP contribution in [0.25, 0.3) is 0 Å². The molecule has 2 heterocycles. The van der Waals surface area contributed by atoms with Crippen LogP contribution in [-0.4, -0.2) is 54.1 Å². The summed E-state index contributed by atoms with van der Waals surface area (Å²) in [4.78, 5) is 13.6. The van der Waals surface area contributed by atoms with Crippen LogP contribution in [0.3, 0.4) is 0 Å². The van der Waals surface area contributed by atoms with E-state index in [1.165, 1.54) is 6.42 Å². The Morgan fingerprint density at radius 2 is 2.16 bits per heavy atom. The third-order valence-electron chi connectivity index (χ3n) is 3.68. The van der Waals surface area contributed by atoms with E-state index in [1.54, 1.807) is 6.33 Å². The number of hydrogen-bond acceptors (Lipinski definition) is 5. The van der Waals surface area contributed by atoms with Gasteiger partial charge >= 0.3 is 0 Å².